The first kappa shape index (κ1) is 14.2. The molecule has 108 valence electrons. The van der Waals surface area contributed by atoms with Gasteiger partial charge in [0.2, 0.25) is 5.91 Å². The Hall–Kier alpha value is -2.24. The van der Waals surface area contributed by atoms with E-state index in [4.69, 9.17) is 4.74 Å². The molecule has 1 heterocycles. The zero-order valence-corrected chi connectivity index (χ0v) is 11.8. The molecule has 1 aromatic rings. The van der Waals surface area contributed by atoms with Gasteiger partial charge < -0.3 is 15.4 Å². The number of ether oxygens (including phenoxy) is 1. The first-order valence-electron chi connectivity index (χ1n) is 6.53. The van der Waals surface area contributed by atoms with Gasteiger partial charge in [0.1, 0.15) is 11.8 Å². The monoisotopic (exact) mass is 277 g/mol. The Morgan fingerprint density at radius 1 is 1.50 bits per heavy atom. The molecule has 0 aliphatic carbocycles. The molecule has 0 spiro atoms. The van der Waals surface area contributed by atoms with Crippen LogP contribution >= 0.6 is 0 Å². The number of hydrogen-bond donors (Lipinski definition) is 2. The Balaban J connectivity index is 2.10. The number of nitrogens with zero attached hydrogens (tertiary/aromatic N) is 1. The summed E-state index contributed by atoms with van der Waals surface area (Å²) in [7, 11) is 1.57. The predicted octanol–water partition coefficient (Wildman–Crippen LogP) is 1.12. The Kier molecular flexibility index (Phi) is 4.12. The molecule has 1 fully saturated rings. The number of rotatable bonds is 4. The van der Waals surface area contributed by atoms with Crippen LogP contribution in [-0.2, 0) is 4.79 Å². The van der Waals surface area contributed by atoms with Gasteiger partial charge in [0, 0.05) is 17.8 Å². The van der Waals surface area contributed by atoms with E-state index in [1.165, 1.54) is 4.90 Å². The predicted molar refractivity (Wildman–Crippen MR) is 75.9 cm³/mol. The fourth-order valence-corrected chi connectivity index (χ4v) is 2.07. The lowest BCUT2D eigenvalue weighted by atomic mass is 10.2. The van der Waals surface area contributed by atoms with Crippen molar-refractivity contribution in [3.63, 3.8) is 0 Å². The minimum Gasteiger partial charge on any atom is -0.497 e. The average molecular weight is 277 g/mol. The molecule has 1 saturated heterocycles. The Labute approximate surface area is 118 Å². The summed E-state index contributed by atoms with van der Waals surface area (Å²) in [4.78, 5) is 25.4. The van der Waals surface area contributed by atoms with Crippen molar-refractivity contribution >= 4 is 17.6 Å². The molecule has 20 heavy (non-hydrogen) atoms. The minimum atomic E-state index is -0.531. The van der Waals surface area contributed by atoms with Crippen LogP contribution in [0.25, 0.3) is 0 Å². The van der Waals surface area contributed by atoms with Gasteiger partial charge in [0.05, 0.1) is 13.7 Å². The summed E-state index contributed by atoms with van der Waals surface area (Å²) in [6.07, 6.45) is 0. The number of urea groups is 1. The molecular weight excluding hydrogens is 258 g/mol. The van der Waals surface area contributed by atoms with Crippen LogP contribution in [0.3, 0.4) is 0 Å². The van der Waals surface area contributed by atoms with Crippen LogP contribution in [-0.4, -0.2) is 37.7 Å². The molecule has 2 N–H and O–H groups in total. The largest absolute Gasteiger partial charge is 0.497 e. The average Bonchev–Trinajstić information content (AvgIpc) is 2.80. The van der Waals surface area contributed by atoms with Crippen molar-refractivity contribution < 1.29 is 14.3 Å². The van der Waals surface area contributed by atoms with Crippen LogP contribution in [0.2, 0.25) is 0 Å². The van der Waals surface area contributed by atoms with E-state index < -0.39 is 6.04 Å². The molecule has 0 bridgehead atoms. The first-order valence-corrected chi connectivity index (χ1v) is 6.53. The van der Waals surface area contributed by atoms with Gasteiger partial charge in [-0.2, -0.15) is 0 Å². The fourth-order valence-electron chi connectivity index (χ4n) is 2.07. The molecule has 6 heteroatoms. The molecule has 1 aliphatic heterocycles. The van der Waals surface area contributed by atoms with Crippen LogP contribution in [0.5, 0.6) is 5.75 Å². The van der Waals surface area contributed by atoms with Gasteiger partial charge in [-0.25, -0.2) is 4.79 Å². The quantitative estimate of drug-likeness (QED) is 0.866. The van der Waals surface area contributed by atoms with Gasteiger partial charge in [-0.15, -0.1) is 0 Å². The summed E-state index contributed by atoms with van der Waals surface area (Å²) >= 11 is 0. The maximum atomic E-state index is 12.0. The number of anilines is 1. The van der Waals surface area contributed by atoms with E-state index in [1.807, 2.05) is 26.0 Å². The zero-order valence-electron chi connectivity index (χ0n) is 11.8. The van der Waals surface area contributed by atoms with E-state index in [0.29, 0.717) is 18.0 Å². The summed E-state index contributed by atoms with van der Waals surface area (Å²) in [6, 6.07) is 6.43. The third-order valence-electron chi connectivity index (χ3n) is 3.02. The standard InChI is InChI=1S/C14H19N3O3/c1-9(2)15-13(18)12-8-17(14(19)16-12)10-5-4-6-11(7-10)20-3/h4-7,9,12H,8H2,1-3H3,(H,15,18)(H,16,19). The number of nitrogens with one attached hydrogen (secondary N) is 2. The summed E-state index contributed by atoms with van der Waals surface area (Å²) in [6.45, 7) is 4.08. The van der Waals surface area contributed by atoms with Crippen LogP contribution in [0.4, 0.5) is 10.5 Å². The van der Waals surface area contributed by atoms with Gasteiger partial charge in [0.15, 0.2) is 0 Å². The van der Waals surface area contributed by atoms with Gasteiger partial charge in [-0.3, -0.25) is 9.69 Å². The number of hydrogen-bond acceptors (Lipinski definition) is 3. The molecular formula is C14H19N3O3. The van der Waals surface area contributed by atoms with Crippen molar-refractivity contribution in [3.8, 4) is 5.75 Å². The smallest absolute Gasteiger partial charge is 0.322 e. The van der Waals surface area contributed by atoms with Gasteiger partial charge in [-0.05, 0) is 26.0 Å². The van der Waals surface area contributed by atoms with Gasteiger partial charge >= 0.3 is 6.03 Å². The summed E-state index contributed by atoms with van der Waals surface area (Å²) in [5, 5.41) is 5.47. The summed E-state index contributed by atoms with van der Waals surface area (Å²) in [5.41, 5.74) is 0.710. The highest BCUT2D eigenvalue weighted by Crippen LogP contribution is 2.23. The number of methoxy groups -OCH3 is 1. The third-order valence-corrected chi connectivity index (χ3v) is 3.02. The maximum Gasteiger partial charge on any atom is 0.322 e. The molecule has 1 aliphatic rings. The molecule has 1 unspecified atom stereocenters. The van der Waals surface area contributed by atoms with Gasteiger partial charge in [-0.1, -0.05) is 6.07 Å². The molecule has 3 amide bonds. The van der Waals surface area contributed by atoms with E-state index in [0.717, 1.165) is 0 Å². The van der Waals surface area contributed by atoms with Crippen LogP contribution in [0, 0.1) is 0 Å². The van der Waals surface area contributed by atoms with E-state index in [-0.39, 0.29) is 18.0 Å². The topological polar surface area (TPSA) is 70.7 Å². The third kappa shape index (κ3) is 3.01. The number of benzene rings is 1. The molecule has 1 atom stereocenters. The molecule has 2 rings (SSSR count). The fraction of sp³-hybridized carbons (Fsp3) is 0.429. The van der Waals surface area contributed by atoms with Crippen molar-refractivity contribution in [3.05, 3.63) is 24.3 Å². The summed E-state index contributed by atoms with van der Waals surface area (Å²) in [5.74, 6) is 0.504. The van der Waals surface area contributed by atoms with E-state index in [9.17, 15) is 9.59 Å². The Bertz CT molecular complexity index is 516. The van der Waals surface area contributed by atoms with Crippen LogP contribution in [0.15, 0.2) is 24.3 Å². The van der Waals surface area contributed by atoms with E-state index in [1.54, 1.807) is 19.2 Å². The highest BCUT2D eigenvalue weighted by atomic mass is 16.5. The number of carbonyl (C=O) groups excluding carboxylic acids is 2. The lowest BCUT2D eigenvalue weighted by molar-refractivity contribution is -0.122. The van der Waals surface area contributed by atoms with E-state index in [2.05, 4.69) is 10.6 Å². The zero-order chi connectivity index (χ0) is 14.7. The van der Waals surface area contributed by atoms with Crippen molar-refractivity contribution in [1.29, 1.82) is 0 Å². The molecule has 0 radical (unpaired) electrons. The lowest BCUT2D eigenvalue weighted by Crippen LogP contribution is -2.45. The second-order valence-corrected chi connectivity index (χ2v) is 4.98. The van der Waals surface area contributed by atoms with Crippen molar-refractivity contribution in [2.75, 3.05) is 18.6 Å². The van der Waals surface area contributed by atoms with Crippen LogP contribution in [0.1, 0.15) is 13.8 Å². The van der Waals surface area contributed by atoms with E-state index >= 15 is 0 Å². The number of amides is 3. The van der Waals surface area contributed by atoms with Gasteiger partial charge in [0.25, 0.3) is 0 Å². The second-order valence-electron chi connectivity index (χ2n) is 4.98. The molecule has 0 aromatic heterocycles. The second kappa shape index (κ2) is 5.81. The lowest BCUT2D eigenvalue weighted by Gasteiger charge is -2.16. The Morgan fingerprint density at radius 3 is 2.90 bits per heavy atom. The molecule has 6 nitrogen and oxygen atoms in total. The highest BCUT2D eigenvalue weighted by molar-refractivity contribution is 6.00. The minimum absolute atomic E-state index is 0.0465. The Morgan fingerprint density at radius 2 is 2.25 bits per heavy atom. The number of carbonyl (C=O) groups is 2. The summed E-state index contributed by atoms with van der Waals surface area (Å²) < 4.78 is 5.14. The normalized spacial score (nSPS) is 18.1. The van der Waals surface area contributed by atoms with Crippen LogP contribution < -0.4 is 20.3 Å². The molecule has 0 saturated carbocycles. The SMILES string of the molecule is COc1cccc(N2CC(C(=O)NC(C)C)NC2=O)c1. The first-order chi connectivity index (χ1) is 9.51. The van der Waals surface area contributed by atoms with Crippen molar-refractivity contribution in [2.45, 2.75) is 25.9 Å². The van der Waals surface area contributed by atoms with Crippen molar-refractivity contribution in [1.82, 2.24) is 10.6 Å². The van der Waals surface area contributed by atoms with Crippen molar-refractivity contribution in [2.24, 2.45) is 0 Å². The highest BCUT2D eigenvalue weighted by Gasteiger charge is 2.34. The maximum absolute atomic E-state index is 12.0. The molecule has 1 aromatic carbocycles.